The molecule has 0 aromatic heterocycles. The van der Waals surface area contributed by atoms with Crippen LogP contribution < -0.4 is 5.32 Å². The molecule has 2 aliphatic rings. The topological polar surface area (TPSA) is 242 Å². The van der Waals surface area contributed by atoms with E-state index in [9.17, 15) is 26.5 Å². The summed E-state index contributed by atoms with van der Waals surface area (Å²) >= 11 is 0. The van der Waals surface area contributed by atoms with Gasteiger partial charge in [-0.1, -0.05) is 94.2 Å². The third-order valence-corrected chi connectivity index (χ3v) is 8.75. The number of benzene rings is 3. The van der Waals surface area contributed by atoms with Gasteiger partial charge in [-0.3, -0.25) is 0 Å². The molecule has 10 atom stereocenters. The maximum absolute atomic E-state index is 13.1. The average molecular weight is 699 g/mol. The van der Waals surface area contributed by atoms with E-state index in [1.165, 1.54) is 0 Å². The normalized spacial score (nSPS) is 28.7. The number of hydrogen-bond acceptors (Lipinski definition) is 11. The van der Waals surface area contributed by atoms with E-state index in [0.717, 1.165) is 11.1 Å². The largest absolute Gasteiger partial charge is 0.454 e. The van der Waals surface area contributed by atoms with E-state index in [4.69, 9.17) is 23.7 Å². The van der Waals surface area contributed by atoms with E-state index in [2.05, 4.69) is 35.4 Å². The molecule has 1 saturated carbocycles. The summed E-state index contributed by atoms with van der Waals surface area (Å²) in [6, 6.07) is 24.1. The first-order chi connectivity index (χ1) is 25.0. The Balaban J connectivity index is 1.48. The molecule has 266 valence electrons. The SMILES string of the molecule is CN[C@@H]1CC(N=[N+]=[N-])[C@@H](O[C@H]2OC(CN=[N+]=[N-])[C@@H](OCc3ccccc3)[C@H](OCc3ccccc3)C2N=[N+]=[N-])[C@H](O)C1OC(=O)c1ccccc1. The third-order valence-electron chi connectivity index (χ3n) is 8.75. The van der Waals surface area contributed by atoms with Crippen molar-refractivity contribution in [2.24, 2.45) is 15.3 Å². The van der Waals surface area contributed by atoms with Crippen molar-refractivity contribution in [1.29, 1.82) is 0 Å². The van der Waals surface area contributed by atoms with Crippen LogP contribution in [0, 0.1) is 0 Å². The van der Waals surface area contributed by atoms with Crippen molar-refractivity contribution < 1.29 is 33.6 Å². The van der Waals surface area contributed by atoms with E-state index < -0.39 is 67.0 Å². The van der Waals surface area contributed by atoms with Crippen molar-refractivity contribution in [3.05, 3.63) is 139 Å². The zero-order valence-corrected chi connectivity index (χ0v) is 27.7. The van der Waals surface area contributed by atoms with Gasteiger partial charge in [0.1, 0.15) is 30.5 Å². The molecule has 1 saturated heterocycles. The lowest BCUT2D eigenvalue weighted by atomic mass is 9.83. The minimum absolute atomic E-state index is 0.0872. The second-order valence-electron chi connectivity index (χ2n) is 11.9. The molecule has 3 aromatic rings. The van der Waals surface area contributed by atoms with Crippen LogP contribution in [0.2, 0.25) is 0 Å². The molecule has 1 heterocycles. The number of likely N-dealkylation sites (N-methyl/N-ethyl adjacent to an activating group) is 1. The molecule has 0 amide bonds. The molecule has 17 nitrogen and oxygen atoms in total. The highest BCUT2D eigenvalue weighted by molar-refractivity contribution is 5.89. The standard InChI is InChI=1S/C34H38N10O7/c1-38-24-17-25(40-43-36)30(28(45)29(24)50-33(46)23-15-9-4-10-16-23)51-34-27(41-44-37)32(48-20-22-13-7-3-8-14-22)31(26(49-34)18-39-42-35)47-19-21-11-5-2-6-12-21/h2-16,24-32,34,38,45H,17-20H2,1H3/t24-,25?,26?,27?,28-,29?,30-,31-,32-,34-/m1/s1. The summed E-state index contributed by atoms with van der Waals surface area (Å²) in [6.45, 7) is 0.00151. The van der Waals surface area contributed by atoms with Crippen LogP contribution in [0.4, 0.5) is 0 Å². The molecule has 2 N–H and O–H groups in total. The second kappa shape index (κ2) is 18.7. The van der Waals surface area contributed by atoms with Crippen LogP contribution in [-0.4, -0.2) is 85.7 Å². The minimum atomic E-state index is -1.54. The number of azide groups is 3. The Kier molecular flexibility index (Phi) is 13.6. The summed E-state index contributed by atoms with van der Waals surface area (Å²) in [5, 5.41) is 26.4. The van der Waals surface area contributed by atoms with Gasteiger partial charge in [0.15, 0.2) is 6.29 Å². The fraction of sp³-hybridized carbons (Fsp3) is 0.441. The van der Waals surface area contributed by atoms with Crippen LogP contribution in [-0.2, 0) is 36.9 Å². The highest BCUT2D eigenvalue weighted by Crippen LogP contribution is 2.35. The highest BCUT2D eigenvalue weighted by Gasteiger charge is 2.52. The first kappa shape index (κ1) is 37.1. The second-order valence-corrected chi connectivity index (χ2v) is 11.9. The lowest BCUT2D eigenvalue weighted by molar-refractivity contribution is -0.300. The van der Waals surface area contributed by atoms with Gasteiger partial charge in [0.05, 0.1) is 43.6 Å². The summed E-state index contributed by atoms with van der Waals surface area (Å²) < 4.78 is 31.3. The zero-order chi connectivity index (χ0) is 36.0. The number of rotatable bonds is 15. The Morgan fingerprint density at radius 3 is 1.98 bits per heavy atom. The average Bonchev–Trinajstić information content (AvgIpc) is 3.17. The van der Waals surface area contributed by atoms with Gasteiger partial charge in [-0.05, 0) is 53.3 Å². The molecule has 5 rings (SSSR count). The number of hydrogen-bond donors (Lipinski definition) is 2. The first-order valence-electron chi connectivity index (χ1n) is 16.3. The summed E-state index contributed by atoms with van der Waals surface area (Å²) in [5.41, 5.74) is 30.4. The number of esters is 1. The molecule has 4 unspecified atom stereocenters. The highest BCUT2D eigenvalue weighted by atomic mass is 16.7. The summed E-state index contributed by atoms with van der Waals surface area (Å²) in [7, 11) is 1.63. The van der Waals surface area contributed by atoms with Gasteiger partial charge in [-0.2, -0.15) is 0 Å². The van der Waals surface area contributed by atoms with Crippen molar-refractivity contribution in [2.45, 2.75) is 80.7 Å². The van der Waals surface area contributed by atoms with E-state index >= 15 is 0 Å². The fourth-order valence-electron chi connectivity index (χ4n) is 6.26. The summed E-state index contributed by atoms with van der Waals surface area (Å²) in [6.07, 6.45) is -8.23. The van der Waals surface area contributed by atoms with Gasteiger partial charge in [-0.15, -0.1) is 0 Å². The Morgan fingerprint density at radius 2 is 1.41 bits per heavy atom. The van der Waals surface area contributed by atoms with Crippen molar-refractivity contribution in [3.63, 3.8) is 0 Å². The van der Waals surface area contributed by atoms with Crippen molar-refractivity contribution in [1.82, 2.24) is 5.32 Å². The van der Waals surface area contributed by atoms with Gasteiger partial charge in [0.25, 0.3) is 0 Å². The number of nitrogens with one attached hydrogen (secondary N) is 1. The molecule has 17 heteroatoms. The number of aliphatic hydroxyl groups is 1. The summed E-state index contributed by atoms with van der Waals surface area (Å²) in [5.74, 6) is -0.677. The van der Waals surface area contributed by atoms with E-state index in [0.29, 0.717) is 0 Å². The lowest BCUT2D eigenvalue weighted by Crippen LogP contribution is -2.65. The molecular formula is C34H38N10O7. The van der Waals surface area contributed by atoms with E-state index in [1.807, 2.05) is 60.7 Å². The Bertz CT molecular complexity index is 1710. The Hall–Kier alpha value is -5.18. The van der Waals surface area contributed by atoms with Crippen molar-refractivity contribution >= 4 is 5.97 Å². The van der Waals surface area contributed by atoms with Crippen LogP contribution >= 0.6 is 0 Å². The first-order valence-corrected chi connectivity index (χ1v) is 16.3. The molecule has 1 aliphatic heterocycles. The maximum atomic E-state index is 13.1. The minimum Gasteiger partial charge on any atom is -0.454 e. The van der Waals surface area contributed by atoms with Crippen LogP contribution in [0.25, 0.3) is 31.3 Å². The summed E-state index contributed by atoms with van der Waals surface area (Å²) in [4.78, 5) is 22.0. The van der Waals surface area contributed by atoms with Crippen LogP contribution in [0.5, 0.6) is 0 Å². The predicted octanol–water partition coefficient (Wildman–Crippen LogP) is 5.51. The van der Waals surface area contributed by atoms with Gasteiger partial charge >= 0.3 is 5.97 Å². The predicted molar refractivity (Wildman–Crippen MR) is 183 cm³/mol. The molecule has 2 fully saturated rings. The Morgan fingerprint density at radius 1 is 0.824 bits per heavy atom. The molecule has 1 aliphatic carbocycles. The quantitative estimate of drug-likeness (QED) is 0.0884. The van der Waals surface area contributed by atoms with E-state index in [-0.39, 0.29) is 31.7 Å². The van der Waals surface area contributed by atoms with Crippen LogP contribution in [0.3, 0.4) is 0 Å². The fourth-order valence-corrected chi connectivity index (χ4v) is 6.26. The molecule has 0 radical (unpaired) electrons. The maximum Gasteiger partial charge on any atom is 0.338 e. The lowest BCUT2D eigenvalue weighted by Gasteiger charge is -2.48. The van der Waals surface area contributed by atoms with Gasteiger partial charge in [0, 0.05) is 20.8 Å². The molecule has 3 aromatic carbocycles. The van der Waals surface area contributed by atoms with Crippen LogP contribution in [0.1, 0.15) is 27.9 Å². The molecule has 51 heavy (non-hydrogen) atoms. The van der Waals surface area contributed by atoms with Gasteiger partial charge < -0.3 is 34.1 Å². The smallest absolute Gasteiger partial charge is 0.338 e. The molecule has 0 bridgehead atoms. The molecular weight excluding hydrogens is 660 g/mol. The van der Waals surface area contributed by atoms with Crippen molar-refractivity contribution in [2.75, 3.05) is 13.6 Å². The van der Waals surface area contributed by atoms with Gasteiger partial charge in [-0.25, -0.2) is 4.79 Å². The Labute approximate surface area is 293 Å². The van der Waals surface area contributed by atoms with E-state index in [1.54, 1.807) is 37.4 Å². The zero-order valence-electron chi connectivity index (χ0n) is 27.7. The monoisotopic (exact) mass is 698 g/mol. The number of carbonyl (C=O) groups excluding carboxylic acids is 1. The molecule has 0 spiro atoms. The number of aliphatic hydroxyl groups excluding tert-OH is 1. The number of nitrogens with zero attached hydrogens (tertiary/aromatic N) is 9. The number of carbonyl (C=O) groups is 1. The third kappa shape index (κ3) is 9.54. The van der Waals surface area contributed by atoms with Crippen LogP contribution in [0.15, 0.2) is 106 Å². The van der Waals surface area contributed by atoms with Gasteiger partial charge in [0.2, 0.25) is 0 Å². The number of ether oxygens (including phenoxy) is 5. The van der Waals surface area contributed by atoms with Crippen molar-refractivity contribution in [3.8, 4) is 0 Å².